The Morgan fingerprint density at radius 2 is 1.68 bits per heavy atom. The number of aliphatic hydroxyl groups is 1. The van der Waals surface area contributed by atoms with E-state index in [1.807, 2.05) is 59.5 Å². The number of rotatable bonds is 4. The van der Waals surface area contributed by atoms with Crippen molar-refractivity contribution in [1.82, 2.24) is 9.88 Å². The number of benzene rings is 2. The van der Waals surface area contributed by atoms with Gasteiger partial charge in [0.1, 0.15) is 11.8 Å². The molecule has 6 nitrogen and oxygen atoms in total. The molecule has 1 saturated heterocycles. The van der Waals surface area contributed by atoms with E-state index in [-0.39, 0.29) is 17.9 Å². The molecule has 0 bridgehead atoms. The topological polar surface area (TPSA) is 71.9 Å². The van der Waals surface area contributed by atoms with Crippen molar-refractivity contribution in [2.24, 2.45) is 11.8 Å². The van der Waals surface area contributed by atoms with Crippen molar-refractivity contribution in [2.45, 2.75) is 25.0 Å². The molecule has 160 valence electrons. The molecule has 1 aromatic heterocycles. The van der Waals surface area contributed by atoms with Crippen molar-refractivity contribution in [3.63, 3.8) is 0 Å². The minimum Gasteiger partial charge on any atom is -0.493 e. The third kappa shape index (κ3) is 3.83. The Balaban J connectivity index is 1.29. The van der Waals surface area contributed by atoms with Crippen LogP contribution in [-0.4, -0.2) is 53.3 Å². The van der Waals surface area contributed by atoms with E-state index in [0.29, 0.717) is 49.0 Å². The highest BCUT2D eigenvalue weighted by Crippen LogP contribution is 2.39. The first kappa shape index (κ1) is 19.8. The van der Waals surface area contributed by atoms with Gasteiger partial charge in [0.15, 0.2) is 11.5 Å². The molecule has 31 heavy (non-hydrogen) atoms. The third-order valence-corrected chi connectivity index (χ3v) is 6.54. The van der Waals surface area contributed by atoms with Gasteiger partial charge in [-0.3, -0.25) is 4.79 Å². The van der Waals surface area contributed by atoms with Gasteiger partial charge in [-0.25, -0.2) is 4.98 Å². The standard InChI is InChI=1S/C25H26N2O4/c1-30-22-8-4-5-9-23(22)31-24-13-18-15-27(14-17(18)12-21(24)28)25(29)20-11-10-16-6-2-3-7-19(16)26-20/h2-11,17-18,21,24,28H,12-15H2,1H3/t17-,18+,21+,24+/m0/s1. The lowest BCUT2D eigenvalue weighted by Crippen LogP contribution is -2.42. The average molecular weight is 418 g/mol. The smallest absolute Gasteiger partial charge is 0.272 e. The molecule has 0 spiro atoms. The lowest BCUT2D eigenvalue weighted by atomic mass is 9.78. The molecule has 2 heterocycles. The van der Waals surface area contributed by atoms with Crippen LogP contribution in [0.25, 0.3) is 10.9 Å². The van der Waals surface area contributed by atoms with Crippen molar-refractivity contribution in [1.29, 1.82) is 0 Å². The lowest BCUT2D eigenvalue weighted by molar-refractivity contribution is -0.0240. The quantitative estimate of drug-likeness (QED) is 0.702. The number of hydrogen-bond donors (Lipinski definition) is 1. The van der Waals surface area contributed by atoms with E-state index >= 15 is 0 Å². The fourth-order valence-corrected chi connectivity index (χ4v) is 4.91. The lowest BCUT2D eigenvalue weighted by Gasteiger charge is -2.35. The van der Waals surface area contributed by atoms with Gasteiger partial charge in [-0.2, -0.15) is 0 Å². The van der Waals surface area contributed by atoms with E-state index in [9.17, 15) is 9.90 Å². The molecule has 6 heteroatoms. The molecular formula is C25H26N2O4. The molecule has 0 unspecified atom stereocenters. The van der Waals surface area contributed by atoms with Crippen LogP contribution < -0.4 is 9.47 Å². The maximum atomic E-state index is 13.1. The number of amides is 1. The Kier molecular flexibility index (Phi) is 5.24. The summed E-state index contributed by atoms with van der Waals surface area (Å²) in [5, 5.41) is 11.7. The van der Waals surface area contributed by atoms with Crippen molar-refractivity contribution < 1.29 is 19.4 Å². The van der Waals surface area contributed by atoms with Crippen LogP contribution in [0.5, 0.6) is 11.5 Å². The molecule has 2 aliphatic rings. The van der Waals surface area contributed by atoms with Crippen molar-refractivity contribution in [3.05, 3.63) is 66.4 Å². The molecule has 5 rings (SSSR count). The summed E-state index contributed by atoms with van der Waals surface area (Å²) in [5.74, 6) is 1.82. The number of likely N-dealkylation sites (tertiary alicyclic amines) is 1. The van der Waals surface area contributed by atoms with Gasteiger partial charge in [0, 0.05) is 18.5 Å². The van der Waals surface area contributed by atoms with Gasteiger partial charge in [-0.05, 0) is 48.9 Å². The highest BCUT2D eigenvalue weighted by molar-refractivity contribution is 5.95. The molecule has 2 fully saturated rings. The van der Waals surface area contributed by atoms with Crippen LogP contribution in [0.4, 0.5) is 0 Å². The van der Waals surface area contributed by atoms with Crippen LogP contribution in [0.15, 0.2) is 60.7 Å². The third-order valence-electron chi connectivity index (χ3n) is 6.54. The number of methoxy groups -OCH3 is 1. The minimum absolute atomic E-state index is 0.0446. The number of hydrogen-bond acceptors (Lipinski definition) is 5. The molecule has 1 amide bonds. The first-order valence-corrected chi connectivity index (χ1v) is 10.7. The van der Waals surface area contributed by atoms with E-state index in [1.165, 1.54) is 0 Å². The van der Waals surface area contributed by atoms with Crippen LogP contribution in [0.1, 0.15) is 23.3 Å². The van der Waals surface area contributed by atoms with Gasteiger partial charge in [-0.1, -0.05) is 36.4 Å². The van der Waals surface area contributed by atoms with E-state index in [2.05, 4.69) is 4.98 Å². The summed E-state index contributed by atoms with van der Waals surface area (Å²) >= 11 is 0. The maximum absolute atomic E-state index is 13.1. The van der Waals surface area contributed by atoms with Gasteiger partial charge < -0.3 is 19.5 Å². The maximum Gasteiger partial charge on any atom is 0.272 e. The van der Waals surface area contributed by atoms with Crippen LogP contribution in [-0.2, 0) is 0 Å². The summed E-state index contributed by atoms with van der Waals surface area (Å²) in [6, 6.07) is 19.0. The first-order valence-electron chi connectivity index (χ1n) is 10.7. The molecule has 1 aliphatic heterocycles. The minimum atomic E-state index is -0.569. The fourth-order valence-electron chi connectivity index (χ4n) is 4.91. The van der Waals surface area contributed by atoms with Crippen LogP contribution >= 0.6 is 0 Å². The number of carbonyl (C=O) groups excluding carboxylic acids is 1. The summed E-state index contributed by atoms with van der Waals surface area (Å²) in [4.78, 5) is 19.6. The molecule has 4 atom stereocenters. The van der Waals surface area contributed by atoms with Gasteiger partial charge >= 0.3 is 0 Å². The average Bonchev–Trinajstić information content (AvgIpc) is 3.21. The number of fused-ring (bicyclic) bond motifs is 2. The number of ether oxygens (including phenoxy) is 2. The first-order chi connectivity index (χ1) is 15.1. The van der Waals surface area contributed by atoms with Gasteiger partial charge in [0.25, 0.3) is 5.91 Å². The number of pyridine rings is 1. The number of para-hydroxylation sites is 3. The number of carbonyl (C=O) groups is 1. The van der Waals surface area contributed by atoms with Crippen molar-refractivity contribution >= 4 is 16.8 Å². The molecule has 1 aliphatic carbocycles. The second kappa shape index (κ2) is 8.19. The number of nitrogens with zero attached hydrogens (tertiary/aromatic N) is 2. The SMILES string of the molecule is COc1ccccc1O[C@@H]1C[C@@H]2CN(C(=O)c3ccc4ccccc4n3)C[C@@H]2C[C@H]1O. The summed E-state index contributed by atoms with van der Waals surface area (Å²) in [6.07, 6.45) is 0.449. The van der Waals surface area contributed by atoms with Crippen LogP contribution in [0, 0.1) is 11.8 Å². The van der Waals surface area contributed by atoms with E-state index in [4.69, 9.17) is 9.47 Å². The Bertz CT molecular complexity index is 1100. The van der Waals surface area contributed by atoms with Crippen LogP contribution in [0.3, 0.4) is 0 Å². The Labute approximate surface area is 181 Å². The van der Waals surface area contributed by atoms with Gasteiger partial charge in [0.2, 0.25) is 0 Å². The molecule has 1 saturated carbocycles. The number of aliphatic hydroxyl groups excluding tert-OH is 1. The molecule has 2 aromatic carbocycles. The summed E-state index contributed by atoms with van der Waals surface area (Å²) in [7, 11) is 1.61. The highest BCUT2D eigenvalue weighted by atomic mass is 16.5. The predicted octanol–water partition coefficient (Wildman–Crippen LogP) is 3.53. The fraction of sp³-hybridized carbons (Fsp3) is 0.360. The second-order valence-corrected chi connectivity index (χ2v) is 8.47. The Morgan fingerprint density at radius 3 is 2.48 bits per heavy atom. The highest BCUT2D eigenvalue weighted by Gasteiger charge is 2.44. The van der Waals surface area contributed by atoms with Crippen molar-refractivity contribution in [2.75, 3.05) is 20.2 Å². The zero-order valence-electron chi connectivity index (χ0n) is 17.5. The molecule has 3 aromatic rings. The molecule has 0 radical (unpaired) electrons. The number of aromatic nitrogens is 1. The van der Waals surface area contributed by atoms with Gasteiger partial charge in [0.05, 0.1) is 18.7 Å². The Morgan fingerprint density at radius 1 is 0.968 bits per heavy atom. The predicted molar refractivity (Wildman–Crippen MR) is 117 cm³/mol. The van der Waals surface area contributed by atoms with E-state index in [1.54, 1.807) is 13.2 Å². The molecular weight excluding hydrogens is 392 g/mol. The summed E-state index contributed by atoms with van der Waals surface area (Å²) in [5.41, 5.74) is 1.30. The zero-order chi connectivity index (χ0) is 21.4. The van der Waals surface area contributed by atoms with Crippen molar-refractivity contribution in [3.8, 4) is 11.5 Å². The zero-order valence-corrected chi connectivity index (χ0v) is 17.5. The summed E-state index contributed by atoms with van der Waals surface area (Å²) < 4.78 is 11.5. The van der Waals surface area contributed by atoms with Crippen LogP contribution in [0.2, 0.25) is 0 Å². The molecule has 1 N–H and O–H groups in total. The largest absolute Gasteiger partial charge is 0.493 e. The summed E-state index contributed by atoms with van der Waals surface area (Å²) in [6.45, 7) is 1.31. The van der Waals surface area contributed by atoms with E-state index < -0.39 is 6.10 Å². The van der Waals surface area contributed by atoms with Gasteiger partial charge in [-0.15, -0.1) is 0 Å². The second-order valence-electron chi connectivity index (χ2n) is 8.47. The van der Waals surface area contributed by atoms with E-state index in [0.717, 1.165) is 10.9 Å². The normalized spacial score (nSPS) is 25.3. The Hall–Kier alpha value is -3.12. The monoisotopic (exact) mass is 418 g/mol.